The zero-order valence-corrected chi connectivity index (χ0v) is 12.2. The predicted octanol–water partition coefficient (Wildman–Crippen LogP) is 1.79. The summed E-state index contributed by atoms with van der Waals surface area (Å²) < 4.78 is 15.6. The molecule has 1 fully saturated rings. The molecule has 1 aliphatic heterocycles. The molecule has 5 heteroatoms. The quantitative estimate of drug-likeness (QED) is 0.690. The summed E-state index contributed by atoms with van der Waals surface area (Å²) in [5.74, 6) is -0.817. The summed E-state index contributed by atoms with van der Waals surface area (Å²) in [4.78, 5) is 23.7. The second-order valence-corrected chi connectivity index (χ2v) is 5.73. The van der Waals surface area contributed by atoms with Crippen molar-refractivity contribution in [2.45, 2.75) is 40.2 Å². The van der Waals surface area contributed by atoms with E-state index in [1.165, 1.54) is 0 Å². The summed E-state index contributed by atoms with van der Waals surface area (Å²) in [5.41, 5.74) is 0. The first kappa shape index (κ1) is 16.0. The van der Waals surface area contributed by atoms with E-state index < -0.39 is 18.0 Å². The molecule has 0 radical (unpaired) electrons. The zero-order chi connectivity index (χ0) is 14.4. The zero-order valence-electron chi connectivity index (χ0n) is 12.2. The van der Waals surface area contributed by atoms with Gasteiger partial charge in [-0.05, 0) is 18.3 Å². The first-order valence-electron chi connectivity index (χ1n) is 6.86. The molecule has 110 valence electrons. The van der Waals surface area contributed by atoms with Crippen LogP contribution in [-0.2, 0) is 23.8 Å². The minimum Gasteiger partial charge on any atom is -0.465 e. The van der Waals surface area contributed by atoms with Crippen molar-refractivity contribution >= 4 is 11.9 Å². The molecule has 2 unspecified atom stereocenters. The van der Waals surface area contributed by atoms with Gasteiger partial charge in [-0.15, -0.1) is 0 Å². The number of hydrogen-bond acceptors (Lipinski definition) is 5. The van der Waals surface area contributed by atoms with Crippen molar-refractivity contribution in [3.8, 4) is 0 Å². The summed E-state index contributed by atoms with van der Waals surface area (Å²) >= 11 is 0. The molecular formula is C14H24O5. The minimum absolute atomic E-state index is 0.261. The lowest BCUT2D eigenvalue weighted by molar-refractivity contribution is -0.165. The maximum atomic E-state index is 11.9. The highest BCUT2D eigenvalue weighted by atomic mass is 16.6. The van der Waals surface area contributed by atoms with Gasteiger partial charge in [0.2, 0.25) is 0 Å². The van der Waals surface area contributed by atoms with Gasteiger partial charge in [-0.1, -0.05) is 27.7 Å². The third kappa shape index (κ3) is 5.19. The van der Waals surface area contributed by atoms with Crippen molar-refractivity contribution < 1.29 is 23.8 Å². The fourth-order valence-corrected chi connectivity index (χ4v) is 1.75. The maximum Gasteiger partial charge on any atom is 0.336 e. The molecule has 1 heterocycles. The Morgan fingerprint density at radius 1 is 1.05 bits per heavy atom. The Morgan fingerprint density at radius 2 is 1.58 bits per heavy atom. The number of carbonyl (C=O) groups is 2. The maximum absolute atomic E-state index is 11.9. The first-order valence-corrected chi connectivity index (χ1v) is 6.86. The van der Waals surface area contributed by atoms with Crippen molar-refractivity contribution in [3.05, 3.63) is 0 Å². The van der Waals surface area contributed by atoms with E-state index in [0.717, 1.165) is 0 Å². The van der Waals surface area contributed by atoms with Gasteiger partial charge in [-0.25, -0.2) is 4.79 Å². The molecule has 0 aromatic rings. The van der Waals surface area contributed by atoms with Gasteiger partial charge in [-0.3, -0.25) is 4.79 Å². The van der Waals surface area contributed by atoms with E-state index in [1.807, 2.05) is 27.7 Å². The monoisotopic (exact) mass is 272 g/mol. The normalized spacial score (nSPS) is 22.8. The largest absolute Gasteiger partial charge is 0.465 e. The molecule has 0 aromatic carbocycles. The molecule has 0 saturated carbocycles. The van der Waals surface area contributed by atoms with Gasteiger partial charge >= 0.3 is 11.9 Å². The summed E-state index contributed by atoms with van der Waals surface area (Å²) in [6.07, 6.45) is -0.295. The molecule has 0 aliphatic carbocycles. The SMILES string of the molecule is CC(C)COC(=O)C1CCOC1C(=O)OCC(C)C. The highest BCUT2D eigenvalue weighted by molar-refractivity contribution is 5.84. The van der Waals surface area contributed by atoms with Crippen LogP contribution in [0.4, 0.5) is 0 Å². The van der Waals surface area contributed by atoms with Crippen molar-refractivity contribution in [2.75, 3.05) is 19.8 Å². The third-order valence-corrected chi connectivity index (χ3v) is 2.74. The molecule has 0 amide bonds. The average Bonchev–Trinajstić information content (AvgIpc) is 2.82. The van der Waals surface area contributed by atoms with E-state index >= 15 is 0 Å². The molecule has 1 saturated heterocycles. The van der Waals surface area contributed by atoms with Crippen LogP contribution in [-0.4, -0.2) is 37.9 Å². The Bertz CT molecular complexity index is 281. The fourth-order valence-electron chi connectivity index (χ4n) is 1.75. The smallest absolute Gasteiger partial charge is 0.336 e. The van der Waals surface area contributed by atoms with Crippen molar-refractivity contribution in [3.63, 3.8) is 0 Å². The summed E-state index contributed by atoms with van der Waals surface area (Å²) in [6.45, 7) is 8.94. The summed E-state index contributed by atoms with van der Waals surface area (Å²) in [7, 11) is 0. The molecule has 0 aromatic heterocycles. The Hall–Kier alpha value is -1.10. The lowest BCUT2D eigenvalue weighted by Crippen LogP contribution is -2.35. The van der Waals surface area contributed by atoms with Gasteiger partial charge < -0.3 is 14.2 Å². The van der Waals surface area contributed by atoms with E-state index in [1.54, 1.807) is 0 Å². The van der Waals surface area contributed by atoms with E-state index in [9.17, 15) is 9.59 Å². The molecule has 0 spiro atoms. The minimum atomic E-state index is -0.807. The van der Waals surface area contributed by atoms with Gasteiger partial charge in [-0.2, -0.15) is 0 Å². The van der Waals surface area contributed by atoms with Crippen LogP contribution in [0, 0.1) is 17.8 Å². The van der Waals surface area contributed by atoms with Crippen LogP contribution in [0.3, 0.4) is 0 Å². The van der Waals surface area contributed by atoms with Crippen molar-refractivity contribution in [1.82, 2.24) is 0 Å². The molecule has 0 N–H and O–H groups in total. The van der Waals surface area contributed by atoms with Crippen LogP contribution < -0.4 is 0 Å². The van der Waals surface area contributed by atoms with Crippen LogP contribution in [0.1, 0.15) is 34.1 Å². The highest BCUT2D eigenvalue weighted by Gasteiger charge is 2.41. The number of carbonyl (C=O) groups excluding carboxylic acids is 2. The van der Waals surface area contributed by atoms with Crippen LogP contribution >= 0.6 is 0 Å². The molecule has 19 heavy (non-hydrogen) atoms. The predicted molar refractivity (Wildman–Crippen MR) is 69.4 cm³/mol. The lowest BCUT2D eigenvalue weighted by atomic mass is 10.0. The third-order valence-electron chi connectivity index (χ3n) is 2.74. The lowest BCUT2D eigenvalue weighted by Gasteiger charge is -2.17. The number of rotatable bonds is 6. The Morgan fingerprint density at radius 3 is 2.11 bits per heavy atom. The van der Waals surface area contributed by atoms with E-state index in [4.69, 9.17) is 14.2 Å². The Labute approximate surface area is 114 Å². The van der Waals surface area contributed by atoms with Gasteiger partial charge in [0.15, 0.2) is 6.10 Å². The second kappa shape index (κ2) is 7.48. The average molecular weight is 272 g/mol. The molecule has 1 rings (SSSR count). The van der Waals surface area contributed by atoms with E-state index in [2.05, 4.69) is 0 Å². The highest BCUT2D eigenvalue weighted by Crippen LogP contribution is 2.24. The molecule has 1 aliphatic rings. The number of ether oxygens (including phenoxy) is 3. The second-order valence-electron chi connectivity index (χ2n) is 5.73. The summed E-state index contributed by atoms with van der Waals surface area (Å²) in [6, 6.07) is 0. The van der Waals surface area contributed by atoms with Gasteiger partial charge in [0.05, 0.1) is 19.1 Å². The Kier molecular flexibility index (Phi) is 6.28. The number of esters is 2. The Balaban J connectivity index is 2.48. The standard InChI is InChI=1S/C14H24O5/c1-9(2)7-18-13(15)11-5-6-17-12(11)14(16)19-8-10(3)4/h9-12H,5-8H2,1-4H3. The summed E-state index contributed by atoms with van der Waals surface area (Å²) in [5, 5.41) is 0. The van der Waals surface area contributed by atoms with E-state index in [0.29, 0.717) is 26.2 Å². The van der Waals surface area contributed by atoms with Crippen LogP contribution in [0.15, 0.2) is 0 Å². The van der Waals surface area contributed by atoms with Crippen molar-refractivity contribution in [2.24, 2.45) is 17.8 Å². The fraction of sp³-hybridized carbons (Fsp3) is 0.857. The molecule has 0 bridgehead atoms. The van der Waals surface area contributed by atoms with E-state index in [-0.39, 0.29) is 17.8 Å². The van der Waals surface area contributed by atoms with Crippen LogP contribution in [0.2, 0.25) is 0 Å². The molecule has 2 atom stereocenters. The van der Waals surface area contributed by atoms with Crippen LogP contribution in [0.5, 0.6) is 0 Å². The van der Waals surface area contributed by atoms with Crippen molar-refractivity contribution in [1.29, 1.82) is 0 Å². The molecule has 5 nitrogen and oxygen atoms in total. The molecular weight excluding hydrogens is 248 g/mol. The number of hydrogen-bond donors (Lipinski definition) is 0. The topological polar surface area (TPSA) is 61.8 Å². The van der Waals surface area contributed by atoms with Gasteiger partial charge in [0, 0.05) is 6.61 Å². The van der Waals surface area contributed by atoms with Crippen LogP contribution in [0.25, 0.3) is 0 Å². The first-order chi connectivity index (χ1) is 8.91. The van der Waals surface area contributed by atoms with Gasteiger partial charge in [0.25, 0.3) is 0 Å². The van der Waals surface area contributed by atoms with Gasteiger partial charge in [0.1, 0.15) is 0 Å².